The van der Waals surface area contributed by atoms with Gasteiger partial charge in [-0.25, -0.2) is 0 Å². The molecule has 0 amide bonds. The molecule has 0 aromatic heterocycles. The fourth-order valence-electron chi connectivity index (χ4n) is 1.27. The molecule has 1 fully saturated rings. The molecule has 0 saturated carbocycles. The Hall–Kier alpha value is -0.995. The van der Waals surface area contributed by atoms with Gasteiger partial charge in [0.05, 0.1) is 6.61 Å². The van der Waals surface area contributed by atoms with E-state index in [1.165, 1.54) is 0 Å². The summed E-state index contributed by atoms with van der Waals surface area (Å²) in [5, 5.41) is 0. The highest BCUT2D eigenvalue weighted by Gasteiger charge is 2.23. The van der Waals surface area contributed by atoms with Crippen molar-refractivity contribution in [2.45, 2.75) is 5.82 Å². The molecular formula is C8H9BNO2. The summed E-state index contributed by atoms with van der Waals surface area (Å²) in [6.07, 6.45) is 0. The Morgan fingerprint density at radius 1 is 1.42 bits per heavy atom. The van der Waals surface area contributed by atoms with E-state index in [1.54, 1.807) is 7.48 Å². The highest BCUT2D eigenvalue weighted by molar-refractivity contribution is 6.30. The normalized spacial score (nSPS) is 22.2. The Labute approximate surface area is 71.7 Å². The van der Waals surface area contributed by atoms with Gasteiger partial charge in [-0.1, -0.05) is 18.2 Å². The van der Waals surface area contributed by atoms with E-state index in [1.807, 2.05) is 24.3 Å². The third-order valence-electron chi connectivity index (χ3n) is 1.93. The number of nitrogens with two attached hydrogens (primary N) is 1. The minimum Gasteiger partial charge on any atom is -0.399 e. The number of nitrogen functional groups attached to an aromatic ring is 1. The van der Waals surface area contributed by atoms with Gasteiger partial charge in [0.25, 0.3) is 0 Å². The van der Waals surface area contributed by atoms with Crippen LogP contribution in [0, 0.1) is 0 Å². The van der Waals surface area contributed by atoms with E-state index in [-0.39, 0.29) is 5.82 Å². The van der Waals surface area contributed by atoms with Gasteiger partial charge in [0.2, 0.25) is 0 Å². The van der Waals surface area contributed by atoms with E-state index in [4.69, 9.17) is 10.6 Å². The summed E-state index contributed by atoms with van der Waals surface area (Å²) < 4.78 is 0. The van der Waals surface area contributed by atoms with Gasteiger partial charge in [-0.05, 0) is 11.6 Å². The van der Waals surface area contributed by atoms with Crippen LogP contribution >= 0.6 is 0 Å². The second-order valence-electron chi connectivity index (χ2n) is 2.75. The highest BCUT2D eigenvalue weighted by atomic mass is 17.2. The molecule has 4 heteroatoms. The van der Waals surface area contributed by atoms with Crippen LogP contribution in [0.3, 0.4) is 0 Å². The molecule has 12 heavy (non-hydrogen) atoms. The maximum atomic E-state index is 5.77. The molecule has 2 rings (SSSR count). The first-order valence-corrected chi connectivity index (χ1v) is 3.84. The first kappa shape index (κ1) is 7.64. The summed E-state index contributed by atoms with van der Waals surface area (Å²) in [7, 11) is 1.66. The number of rotatable bonds is 1. The molecular weight excluding hydrogens is 153 g/mol. The first-order chi connectivity index (χ1) is 5.88. The second-order valence-corrected chi connectivity index (χ2v) is 2.75. The van der Waals surface area contributed by atoms with Crippen LogP contribution in [-0.2, 0) is 9.69 Å². The number of hydrogen-bond acceptors (Lipinski definition) is 3. The van der Waals surface area contributed by atoms with E-state index >= 15 is 0 Å². The smallest absolute Gasteiger partial charge is 0.354 e. The van der Waals surface area contributed by atoms with Gasteiger partial charge in [0, 0.05) is 11.5 Å². The zero-order valence-electron chi connectivity index (χ0n) is 6.57. The quantitative estimate of drug-likeness (QED) is 0.378. The van der Waals surface area contributed by atoms with Crippen molar-refractivity contribution in [1.29, 1.82) is 0 Å². The number of anilines is 1. The minimum atomic E-state index is 0.172. The van der Waals surface area contributed by atoms with Crippen LogP contribution in [0.25, 0.3) is 0 Å². The average Bonchev–Trinajstić information content (AvgIpc) is 2.57. The van der Waals surface area contributed by atoms with E-state index in [9.17, 15) is 0 Å². The van der Waals surface area contributed by atoms with Gasteiger partial charge in [-0.2, -0.15) is 0 Å². The number of para-hydroxylation sites is 1. The van der Waals surface area contributed by atoms with Crippen molar-refractivity contribution in [3.63, 3.8) is 0 Å². The van der Waals surface area contributed by atoms with Gasteiger partial charge in [0.1, 0.15) is 0 Å². The van der Waals surface area contributed by atoms with Gasteiger partial charge < -0.3 is 10.5 Å². The maximum Gasteiger partial charge on any atom is 0.354 e. The van der Waals surface area contributed by atoms with Crippen molar-refractivity contribution in [2.24, 2.45) is 0 Å². The van der Waals surface area contributed by atoms with Crippen LogP contribution in [0.15, 0.2) is 24.3 Å². The molecule has 2 N–H and O–H groups in total. The summed E-state index contributed by atoms with van der Waals surface area (Å²) >= 11 is 0. The zero-order valence-corrected chi connectivity index (χ0v) is 6.57. The Kier molecular flexibility index (Phi) is 2.02. The fourth-order valence-corrected chi connectivity index (χ4v) is 1.27. The Morgan fingerprint density at radius 2 is 2.25 bits per heavy atom. The second kappa shape index (κ2) is 3.17. The highest BCUT2D eigenvalue weighted by Crippen LogP contribution is 2.24. The fraction of sp³-hybridized carbons (Fsp3) is 0.250. The van der Waals surface area contributed by atoms with Crippen molar-refractivity contribution < 1.29 is 9.69 Å². The van der Waals surface area contributed by atoms with Crippen LogP contribution in [-0.4, -0.2) is 14.1 Å². The van der Waals surface area contributed by atoms with E-state index in [2.05, 4.69) is 4.81 Å². The van der Waals surface area contributed by atoms with Crippen LogP contribution in [0.1, 0.15) is 11.4 Å². The predicted octanol–water partition coefficient (Wildman–Crippen LogP) is 0.891. The van der Waals surface area contributed by atoms with Crippen molar-refractivity contribution in [3.05, 3.63) is 29.8 Å². The summed E-state index contributed by atoms with van der Waals surface area (Å²) in [5.41, 5.74) is 7.62. The molecule has 1 aromatic rings. The zero-order chi connectivity index (χ0) is 8.39. The summed E-state index contributed by atoms with van der Waals surface area (Å²) in [6, 6.07) is 7.73. The lowest BCUT2D eigenvalue weighted by molar-refractivity contribution is -0.183. The Morgan fingerprint density at radius 3 is 2.92 bits per heavy atom. The summed E-state index contributed by atoms with van der Waals surface area (Å²) in [6.45, 7) is 0.550. The van der Waals surface area contributed by atoms with E-state index < -0.39 is 0 Å². The van der Waals surface area contributed by atoms with Crippen molar-refractivity contribution >= 4 is 13.2 Å². The summed E-state index contributed by atoms with van der Waals surface area (Å²) in [4.78, 5) is 9.44. The Balaban J connectivity index is 2.26. The molecule has 1 aliphatic heterocycles. The van der Waals surface area contributed by atoms with Crippen LogP contribution < -0.4 is 5.73 Å². The molecule has 1 aliphatic rings. The Bertz CT molecular complexity index is 274. The van der Waals surface area contributed by atoms with Crippen LogP contribution in [0.5, 0.6) is 0 Å². The maximum absolute atomic E-state index is 5.77. The first-order valence-electron chi connectivity index (χ1n) is 3.84. The third kappa shape index (κ3) is 1.31. The lowest BCUT2D eigenvalue weighted by Crippen LogP contribution is -2.07. The van der Waals surface area contributed by atoms with Gasteiger partial charge in [-0.3, -0.25) is 4.89 Å². The summed E-state index contributed by atoms with van der Waals surface area (Å²) in [5.74, 6) is 0.172. The molecule has 1 radical (unpaired) electrons. The van der Waals surface area contributed by atoms with Crippen LogP contribution in [0.4, 0.5) is 5.69 Å². The topological polar surface area (TPSA) is 44.5 Å². The molecule has 0 aliphatic carbocycles. The molecule has 1 unspecified atom stereocenters. The van der Waals surface area contributed by atoms with Gasteiger partial charge >= 0.3 is 7.48 Å². The largest absolute Gasteiger partial charge is 0.399 e. The molecule has 1 saturated heterocycles. The molecule has 0 bridgehead atoms. The average molecular weight is 162 g/mol. The van der Waals surface area contributed by atoms with Crippen LogP contribution in [0.2, 0.25) is 0 Å². The monoisotopic (exact) mass is 162 g/mol. The van der Waals surface area contributed by atoms with Gasteiger partial charge in [-0.15, -0.1) is 0 Å². The third-order valence-corrected chi connectivity index (χ3v) is 1.93. The molecule has 3 nitrogen and oxygen atoms in total. The molecule has 0 spiro atoms. The van der Waals surface area contributed by atoms with Gasteiger partial charge in [0.15, 0.2) is 0 Å². The molecule has 61 valence electrons. The van der Waals surface area contributed by atoms with E-state index in [0.717, 1.165) is 11.3 Å². The predicted molar refractivity (Wildman–Crippen MR) is 46.4 cm³/mol. The molecule has 1 aromatic carbocycles. The number of hydrogen-bond donors (Lipinski definition) is 1. The standard InChI is InChI=1S/C8H9BNO2/c10-8-4-2-1-3-6(8)7-5-11-12-9-7/h1-4,7H,5,10H2. The minimum absolute atomic E-state index is 0.172. The van der Waals surface area contributed by atoms with E-state index in [0.29, 0.717) is 6.61 Å². The SMILES string of the molecule is Nc1ccccc1C1[B]OOC1. The lowest BCUT2D eigenvalue weighted by Gasteiger charge is -2.07. The van der Waals surface area contributed by atoms with Crippen molar-refractivity contribution in [1.82, 2.24) is 0 Å². The van der Waals surface area contributed by atoms with Crippen molar-refractivity contribution in [3.8, 4) is 0 Å². The number of benzene rings is 1. The molecule has 1 heterocycles. The molecule has 1 atom stereocenters. The lowest BCUT2D eigenvalue weighted by atomic mass is 9.76. The van der Waals surface area contributed by atoms with Crippen molar-refractivity contribution in [2.75, 3.05) is 12.3 Å².